The summed E-state index contributed by atoms with van der Waals surface area (Å²) < 4.78 is 2.93. The topological polar surface area (TPSA) is 39.3 Å². The van der Waals surface area contributed by atoms with Crippen LogP contribution in [-0.2, 0) is 12.5 Å². The fourth-order valence-corrected chi connectivity index (χ4v) is 1.52. The van der Waals surface area contributed by atoms with Crippen molar-refractivity contribution in [1.82, 2.24) is 14.2 Å². The lowest BCUT2D eigenvalue weighted by atomic mass is 9.88. The van der Waals surface area contributed by atoms with Gasteiger partial charge in [-0.1, -0.05) is 26.8 Å². The molecule has 0 fully saturated rings. The zero-order valence-electron chi connectivity index (χ0n) is 9.48. The average Bonchev–Trinajstić information content (AvgIpc) is 2.41. The maximum Gasteiger partial charge on any atom is 0.350 e. The molecule has 0 aromatic carbocycles. The van der Waals surface area contributed by atoms with Crippen LogP contribution in [0.3, 0.4) is 0 Å². The Kier molecular flexibility index (Phi) is 1.96. The molecule has 0 radical (unpaired) electrons. The molecule has 0 spiro atoms. The van der Waals surface area contributed by atoms with E-state index in [1.807, 2.05) is 18.3 Å². The molecule has 4 nitrogen and oxygen atoms in total. The van der Waals surface area contributed by atoms with Gasteiger partial charge in [0.2, 0.25) is 0 Å². The molecule has 0 amide bonds. The predicted octanol–water partition coefficient (Wildman–Crippen LogP) is 1.33. The quantitative estimate of drug-likeness (QED) is 0.651. The van der Waals surface area contributed by atoms with Crippen LogP contribution in [0.5, 0.6) is 0 Å². The highest BCUT2D eigenvalue weighted by Gasteiger charge is 2.15. The van der Waals surface area contributed by atoms with E-state index in [4.69, 9.17) is 0 Å². The summed E-state index contributed by atoms with van der Waals surface area (Å²) in [5.74, 6) is 0. The lowest BCUT2D eigenvalue weighted by molar-refractivity contribution is 0.586. The van der Waals surface area contributed by atoms with Crippen LogP contribution in [0.2, 0.25) is 0 Å². The van der Waals surface area contributed by atoms with Crippen molar-refractivity contribution >= 4 is 5.65 Å². The lowest BCUT2D eigenvalue weighted by Crippen LogP contribution is -2.19. The second kappa shape index (κ2) is 2.95. The Bertz CT molecular complexity index is 557. The molecule has 0 atom stereocenters. The van der Waals surface area contributed by atoms with Crippen molar-refractivity contribution in [1.29, 1.82) is 0 Å². The van der Waals surface area contributed by atoms with Crippen LogP contribution in [-0.4, -0.2) is 14.2 Å². The van der Waals surface area contributed by atoms with Crippen molar-refractivity contribution in [3.8, 4) is 0 Å². The van der Waals surface area contributed by atoms with Crippen LogP contribution in [0, 0.1) is 0 Å². The first-order valence-corrected chi connectivity index (χ1v) is 4.95. The van der Waals surface area contributed by atoms with E-state index in [2.05, 4.69) is 25.9 Å². The van der Waals surface area contributed by atoms with Crippen molar-refractivity contribution < 1.29 is 0 Å². The fourth-order valence-electron chi connectivity index (χ4n) is 1.52. The Balaban J connectivity index is 2.76. The largest absolute Gasteiger partial charge is 0.350 e. The molecule has 15 heavy (non-hydrogen) atoms. The van der Waals surface area contributed by atoms with Crippen LogP contribution in [0.25, 0.3) is 5.65 Å². The SMILES string of the molecule is Cn1nc2ccc(C(C)(C)C)cn2c1=O. The number of nitrogens with zero attached hydrogens (tertiary/aromatic N) is 3. The third-order valence-electron chi connectivity index (χ3n) is 2.53. The highest BCUT2D eigenvalue weighted by Crippen LogP contribution is 2.21. The maximum atomic E-state index is 11.7. The molecule has 2 aromatic rings. The molecule has 0 saturated carbocycles. The molecule has 2 aromatic heterocycles. The second-order valence-electron chi connectivity index (χ2n) is 4.80. The van der Waals surface area contributed by atoms with Gasteiger partial charge in [0.25, 0.3) is 0 Å². The van der Waals surface area contributed by atoms with E-state index in [-0.39, 0.29) is 11.1 Å². The Morgan fingerprint density at radius 1 is 1.27 bits per heavy atom. The number of aryl methyl sites for hydroxylation is 1. The van der Waals surface area contributed by atoms with Crippen molar-refractivity contribution in [2.45, 2.75) is 26.2 Å². The van der Waals surface area contributed by atoms with Gasteiger partial charge < -0.3 is 0 Å². The van der Waals surface area contributed by atoms with Crippen molar-refractivity contribution in [2.75, 3.05) is 0 Å². The summed E-state index contributed by atoms with van der Waals surface area (Å²) in [4.78, 5) is 11.7. The number of hydrogen-bond donors (Lipinski definition) is 0. The van der Waals surface area contributed by atoms with Gasteiger partial charge in [0.1, 0.15) is 0 Å². The Morgan fingerprint density at radius 3 is 2.53 bits per heavy atom. The highest BCUT2D eigenvalue weighted by molar-refractivity contribution is 5.39. The minimum atomic E-state index is -0.101. The molecule has 0 unspecified atom stereocenters. The van der Waals surface area contributed by atoms with Gasteiger partial charge in [-0.3, -0.25) is 4.40 Å². The molecular weight excluding hydrogens is 190 g/mol. The van der Waals surface area contributed by atoms with Gasteiger partial charge in [-0.25, -0.2) is 9.48 Å². The smallest absolute Gasteiger partial charge is 0.250 e. The van der Waals surface area contributed by atoms with Gasteiger partial charge in [-0.15, -0.1) is 0 Å². The maximum absolute atomic E-state index is 11.7. The lowest BCUT2D eigenvalue weighted by Gasteiger charge is -2.18. The molecule has 0 bridgehead atoms. The fraction of sp³-hybridized carbons (Fsp3) is 0.455. The van der Waals surface area contributed by atoms with E-state index in [1.54, 1.807) is 11.4 Å². The number of aromatic nitrogens is 3. The minimum absolute atomic E-state index is 0.0451. The summed E-state index contributed by atoms with van der Waals surface area (Å²) in [5.41, 5.74) is 1.76. The Labute approximate surface area is 88.2 Å². The molecule has 2 rings (SSSR count). The first kappa shape index (κ1) is 9.96. The molecule has 0 aliphatic rings. The van der Waals surface area contributed by atoms with E-state index in [9.17, 15) is 4.79 Å². The standard InChI is InChI=1S/C11H15N3O/c1-11(2,3)8-5-6-9-12-13(4)10(15)14(9)7-8/h5-7H,1-4H3. The summed E-state index contributed by atoms with van der Waals surface area (Å²) in [6.45, 7) is 6.36. The van der Waals surface area contributed by atoms with E-state index in [0.29, 0.717) is 5.65 Å². The van der Waals surface area contributed by atoms with Crippen molar-refractivity contribution in [3.63, 3.8) is 0 Å². The predicted molar refractivity (Wildman–Crippen MR) is 59.1 cm³/mol. The summed E-state index contributed by atoms with van der Waals surface area (Å²) in [5, 5.41) is 4.10. The molecule has 0 N–H and O–H groups in total. The summed E-state index contributed by atoms with van der Waals surface area (Å²) in [6.07, 6.45) is 1.87. The van der Waals surface area contributed by atoms with Crippen molar-refractivity contribution in [2.24, 2.45) is 7.05 Å². The molecule has 80 valence electrons. The number of fused-ring (bicyclic) bond motifs is 1. The molecule has 0 aliphatic carbocycles. The Hall–Kier alpha value is -1.58. The van der Waals surface area contributed by atoms with E-state index in [0.717, 1.165) is 5.56 Å². The zero-order chi connectivity index (χ0) is 11.2. The van der Waals surface area contributed by atoms with Crippen LogP contribution in [0.15, 0.2) is 23.1 Å². The highest BCUT2D eigenvalue weighted by atomic mass is 16.2. The van der Waals surface area contributed by atoms with Crippen LogP contribution < -0.4 is 5.69 Å². The van der Waals surface area contributed by atoms with Crippen LogP contribution in [0.1, 0.15) is 26.3 Å². The second-order valence-corrected chi connectivity index (χ2v) is 4.80. The minimum Gasteiger partial charge on any atom is -0.250 e. The average molecular weight is 205 g/mol. The van der Waals surface area contributed by atoms with Gasteiger partial charge in [0, 0.05) is 13.2 Å². The van der Waals surface area contributed by atoms with E-state index >= 15 is 0 Å². The molecule has 4 heteroatoms. The number of rotatable bonds is 0. The summed E-state index contributed by atoms with van der Waals surface area (Å²) in [7, 11) is 1.66. The van der Waals surface area contributed by atoms with E-state index in [1.165, 1.54) is 4.68 Å². The van der Waals surface area contributed by atoms with Gasteiger partial charge in [-0.2, -0.15) is 5.10 Å². The van der Waals surface area contributed by atoms with E-state index < -0.39 is 0 Å². The first-order chi connectivity index (χ1) is 6.89. The first-order valence-electron chi connectivity index (χ1n) is 4.95. The van der Waals surface area contributed by atoms with Gasteiger partial charge in [-0.05, 0) is 17.0 Å². The number of pyridine rings is 1. The van der Waals surface area contributed by atoms with Gasteiger partial charge in [0.15, 0.2) is 5.65 Å². The normalized spacial score (nSPS) is 12.3. The van der Waals surface area contributed by atoms with Crippen LogP contribution in [0.4, 0.5) is 0 Å². The van der Waals surface area contributed by atoms with Crippen molar-refractivity contribution in [3.05, 3.63) is 34.4 Å². The molecule has 2 heterocycles. The number of hydrogen-bond acceptors (Lipinski definition) is 2. The van der Waals surface area contributed by atoms with Gasteiger partial charge >= 0.3 is 5.69 Å². The monoisotopic (exact) mass is 205 g/mol. The third-order valence-corrected chi connectivity index (χ3v) is 2.53. The Morgan fingerprint density at radius 2 is 1.93 bits per heavy atom. The molecular formula is C11H15N3O. The summed E-state index contributed by atoms with van der Waals surface area (Å²) in [6, 6.07) is 3.89. The van der Waals surface area contributed by atoms with Gasteiger partial charge in [0.05, 0.1) is 0 Å². The molecule has 0 aliphatic heterocycles. The molecule has 0 saturated heterocycles. The van der Waals surface area contributed by atoms with Crippen LogP contribution >= 0.6 is 0 Å². The third kappa shape index (κ3) is 1.56. The summed E-state index contributed by atoms with van der Waals surface area (Å²) >= 11 is 0. The zero-order valence-corrected chi connectivity index (χ0v) is 9.48.